The van der Waals surface area contributed by atoms with E-state index in [1.807, 2.05) is 11.8 Å². The molecular formula is C22H38S5. The molecule has 5 heteroatoms. The first-order valence-electron chi connectivity index (χ1n) is 10.7. The Morgan fingerprint density at radius 1 is 0.519 bits per heavy atom. The molecule has 0 atom stereocenters. The van der Waals surface area contributed by atoms with Crippen molar-refractivity contribution in [3.05, 3.63) is 0 Å². The summed E-state index contributed by atoms with van der Waals surface area (Å²) in [7, 11) is 0. The van der Waals surface area contributed by atoms with E-state index in [2.05, 4.69) is 27.7 Å². The molecule has 0 spiro atoms. The summed E-state index contributed by atoms with van der Waals surface area (Å²) in [6.07, 6.45) is 13.1. The van der Waals surface area contributed by atoms with E-state index in [0.29, 0.717) is 0 Å². The summed E-state index contributed by atoms with van der Waals surface area (Å²) in [4.78, 5) is 4.41. The molecule has 0 N–H and O–H groups in total. The highest BCUT2D eigenvalue weighted by atomic mass is 32.2. The Morgan fingerprint density at radius 3 is 0.926 bits per heavy atom. The van der Waals surface area contributed by atoms with Gasteiger partial charge in [0, 0.05) is 19.5 Å². The minimum absolute atomic E-state index is 0.136. The monoisotopic (exact) mass is 462 g/mol. The van der Waals surface area contributed by atoms with Crippen molar-refractivity contribution in [3.63, 3.8) is 0 Å². The molecule has 0 rings (SSSR count). The van der Waals surface area contributed by atoms with Gasteiger partial charge >= 0.3 is 0 Å². The largest absolute Gasteiger partial charge is 0.134 e. The summed E-state index contributed by atoms with van der Waals surface area (Å²) >= 11 is 25.2. The quantitative estimate of drug-likeness (QED) is 0.186. The van der Waals surface area contributed by atoms with Crippen LogP contribution in [0.4, 0.5) is 0 Å². The summed E-state index contributed by atoms with van der Waals surface area (Å²) in [6.45, 7) is 8.84. The van der Waals surface area contributed by atoms with Crippen LogP contribution in [0.5, 0.6) is 0 Å². The lowest BCUT2D eigenvalue weighted by Gasteiger charge is -2.26. The van der Waals surface area contributed by atoms with Gasteiger partial charge in [-0.1, -0.05) is 102 Å². The molecule has 27 heavy (non-hydrogen) atoms. The summed E-state index contributed by atoms with van der Waals surface area (Å²) in [6, 6.07) is 0. The average molecular weight is 463 g/mol. The molecule has 0 aromatic heterocycles. The van der Waals surface area contributed by atoms with Gasteiger partial charge in [0.1, 0.15) is 0 Å². The van der Waals surface area contributed by atoms with Gasteiger partial charge in [0.15, 0.2) is 0 Å². The zero-order chi connectivity index (χ0) is 20.7. The molecule has 0 amide bonds. The number of rotatable bonds is 18. The van der Waals surface area contributed by atoms with Crippen LogP contribution in [0.25, 0.3) is 0 Å². The van der Waals surface area contributed by atoms with E-state index in [4.69, 9.17) is 48.9 Å². The molecule has 156 valence electrons. The van der Waals surface area contributed by atoms with Crippen molar-refractivity contribution in [2.75, 3.05) is 0 Å². The number of hydrogen-bond acceptors (Lipinski definition) is 5. The van der Waals surface area contributed by atoms with Gasteiger partial charge in [0.25, 0.3) is 0 Å². The number of hydrogen-bond donors (Lipinski definition) is 0. The van der Waals surface area contributed by atoms with E-state index in [9.17, 15) is 0 Å². The normalized spacial score (nSPS) is 11.2. The van der Waals surface area contributed by atoms with E-state index in [1.54, 1.807) is 0 Å². The Bertz CT molecular complexity index is 387. The fraction of sp³-hybridized carbons (Fsp3) is 0.818. The number of thiocarbonyl (C=S) groups is 4. The maximum Gasteiger partial charge on any atom is 0.0682 e. The van der Waals surface area contributed by atoms with Gasteiger partial charge in [0.2, 0.25) is 0 Å². The minimum atomic E-state index is 0.136. The molecule has 0 heterocycles. The third-order valence-corrected chi connectivity index (χ3v) is 8.59. The molecule has 0 aliphatic rings. The Labute approximate surface area is 194 Å². The zero-order valence-corrected chi connectivity index (χ0v) is 21.8. The topological polar surface area (TPSA) is 0 Å². The maximum absolute atomic E-state index is 5.84. The summed E-state index contributed by atoms with van der Waals surface area (Å²) < 4.78 is 0. The lowest BCUT2D eigenvalue weighted by molar-refractivity contribution is 0.826. The van der Waals surface area contributed by atoms with E-state index in [-0.39, 0.29) is 10.5 Å². The molecule has 0 aromatic rings. The highest BCUT2D eigenvalue weighted by molar-refractivity contribution is 8.07. The molecule has 0 saturated heterocycles. The molecule has 0 aromatic carbocycles. The second kappa shape index (κ2) is 17.6. The lowest BCUT2D eigenvalue weighted by Crippen LogP contribution is -2.33. The highest BCUT2D eigenvalue weighted by Crippen LogP contribution is 2.30. The summed E-state index contributed by atoms with van der Waals surface area (Å²) in [5, 5.41) is 0.273. The van der Waals surface area contributed by atoms with Crippen LogP contribution in [-0.4, -0.2) is 30.0 Å². The number of unbranched alkanes of at least 4 members (excludes halogenated alkanes) is 4. The third-order valence-electron chi connectivity index (χ3n) is 4.55. The van der Waals surface area contributed by atoms with E-state index in [1.165, 1.54) is 0 Å². The van der Waals surface area contributed by atoms with Gasteiger partial charge in [-0.05, 0) is 51.4 Å². The Hall–Kier alpha value is 0.710. The zero-order valence-electron chi connectivity index (χ0n) is 17.7. The van der Waals surface area contributed by atoms with Gasteiger partial charge in [-0.15, -0.1) is 11.8 Å². The maximum atomic E-state index is 5.84. The van der Waals surface area contributed by atoms with Crippen LogP contribution in [0.3, 0.4) is 0 Å². The molecule has 0 fully saturated rings. The molecule has 0 saturated carbocycles. The van der Waals surface area contributed by atoms with E-state index in [0.717, 1.165) is 96.5 Å². The van der Waals surface area contributed by atoms with Crippen molar-refractivity contribution < 1.29 is 0 Å². The van der Waals surface area contributed by atoms with Crippen molar-refractivity contribution in [2.45, 2.75) is 115 Å². The van der Waals surface area contributed by atoms with Gasteiger partial charge in [-0.25, -0.2) is 0 Å². The Kier molecular flexibility index (Phi) is 18.0. The molecule has 0 aliphatic heterocycles. The second-order valence-electron chi connectivity index (χ2n) is 7.18. The smallest absolute Gasteiger partial charge is 0.0682 e. The predicted octanol–water partition coefficient (Wildman–Crippen LogP) is 8.70. The van der Waals surface area contributed by atoms with Crippen LogP contribution in [0, 0.1) is 0 Å². The first-order chi connectivity index (χ1) is 12.9. The predicted molar refractivity (Wildman–Crippen MR) is 144 cm³/mol. The summed E-state index contributed by atoms with van der Waals surface area (Å²) in [5.74, 6) is 0. The van der Waals surface area contributed by atoms with Crippen molar-refractivity contribution in [3.8, 4) is 0 Å². The van der Waals surface area contributed by atoms with E-state index < -0.39 is 0 Å². The molecular weight excluding hydrogens is 425 g/mol. The highest BCUT2D eigenvalue weighted by Gasteiger charge is 2.28. The Balaban J connectivity index is 5.38. The van der Waals surface area contributed by atoms with Crippen LogP contribution in [0.15, 0.2) is 0 Å². The molecule has 0 radical (unpaired) electrons. The Morgan fingerprint density at radius 2 is 0.741 bits per heavy atom. The van der Waals surface area contributed by atoms with Crippen molar-refractivity contribution >= 4 is 80.1 Å². The molecule has 0 aliphatic carbocycles. The van der Waals surface area contributed by atoms with Crippen LogP contribution in [0.1, 0.15) is 105 Å². The molecule has 0 bridgehead atoms. The van der Waals surface area contributed by atoms with E-state index >= 15 is 0 Å². The van der Waals surface area contributed by atoms with Crippen molar-refractivity contribution in [1.82, 2.24) is 0 Å². The molecule has 0 nitrogen and oxygen atoms in total. The minimum Gasteiger partial charge on any atom is -0.134 e. The van der Waals surface area contributed by atoms with Crippen molar-refractivity contribution in [1.29, 1.82) is 0 Å². The average Bonchev–Trinajstić information content (AvgIpc) is 2.67. The summed E-state index contributed by atoms with van der Waals surface area (Å²) in [5.41, 5.74) is 0. The van der Waals surface area contributed by atoms with Crippen LogP contribution in [-0.2, 0) is 0 Å². The fourth-order valence-corrected chi connectivity index (χ4v) is 6.04. The fourth-order valence-electron chi connectivity index (χ4n) is 2.73. The van der Waals surface area contributed by atoms with Gasteiger partial charge in [-0.3, -0.25) is 0 Å². The molecule has 0 unspecified atom stereocenters. The van der Waals surface area contributed by atoms with Gasteiger partial charge in [0.05, 0.1) is 10.5 Å². The standard InChI is InChI=1S/C22H38S5/c1-5-9-13-17(23)21(18(24)14-10-6-2)27-22(19(25)15-11-7-3)20(26)16-12-8-4/h21-22H,5-16H2,1-4H3. The van der Waals surface area contributed by atoms with Crippen LogP contribution in [0.2, 0.25) is 0 Å². The van der Waals surface area contributed by atoms with Crippen LogP contribution >= 0.6 is 60.6 Å². The SMILES string of the molecule is CCCCC(=S)C(SC(C(=S)CCCC)C(=S)CCCC)C(=S)CCCC. The second-order valence-corrected chi connectivity index (χ2v) is 10.5. The third kappa shape index (κ3) is 12.1. The lowest BCUT2D eigenvalue weighted by atomic mass is 10.1. The number of thioether (sulfide) groups is 1. The van der Waals surface area contributed by atoms with Gasteiger partial charge in [-0.2, -0.15) is 0 Å². The first kappa shape index (κ1) is 27.7. The first-order valence-corrected chi connectivity index (χ1v) is 13.3. The van der Waals surface area contributed by atoms with Crippen LogP contribution < -0.4 is 0 Å². The van der Waals surface area contributed by atoms with Crippen molar-refractivity contribution in [2.24, 2.45) is 0 Å². The van der Waals surface area contributed by atoms with Gasteiger partial charge < -0.3 is 0 Å².